The Morgan fingerprint density at radius 1 is 1.41 bits per heavy atom. The summed E-state index contributed by atoms with van der Waals surface area (Å²) in [6.45, 7) is -0.00471. The van der Waals surface area contributed by atoms with Crippen molar-refractivity contribution < 1.29 is 17.9 Å². The zero-order chi connectivity index (χ0) is 12.6. The van der Waals surface area contributed by atoms with Crippen molar-refractivity contribution in [3.8, 4) is 0 Å². The highest BCUT2D eigenvalue weighted by Crippen LogP contribution is 2.38. The number of nitrogens with two attached hydrogens (primary N) is 1. The van der Waals surface area contributed by atoms with E-state index in [1.165, 1.54) is 12.1 Å². The standard InChI is InChI=1S/C10H8ClF3N2O/c11-5-1-2-7(10(12,13)14)6(3-5)8-4-17-9(15)16-8/h1-3,8H,4H2,(H2,15,16)/t8-/m1/s1. The van der Waals surface area contributed by atoms with Crippen molar-refractivity contribution in [3.05, 3.63) is 34.3 Å². The Labute approximate surface area is 100 Å². The molecule has 0 amide bonds. The highest BCUT2D eigenvalue weighted by Gasteiger charge is 2.36. The van der Waals surface area contributed by atoms with E-state index in [0.717, 1.165) is 6.07 Å². The number of benzene rings is 1. The minimum atomic E-state index is -4.45. The fourth-order valence-corrected chi connectivity index (χ4v) is 1.80. The van der Waals surface area contributed by atoms with Gasteiger partial charge >= 0.3 is 6.18 Å². The van der Waals surface area contributed by atoms with E-state index in [1.807, 2.05) is 0 Å². The highest BCUT2D eigenvalue weighted by molar-refractivity contribution is 6.30. The van der Waals surface area contributed by atoms with Crippen molar-refractivity contribution in [2.45, 2.75) is 12.2 Å². The highest BCUT2D eigenvalue weighted by atomic mass is 35.5. The van der Waals surface area contributed by atoms with Gasteiger partial charge in [-0.15, -0.1) is 0 Å². The maximum Gasteiger partial charge on any atom is 0.416 e. The van der Waals surface area contributed by atoms with Crippen LogP contribution in [0.3, 0.4) is 0 Å². The lowest BCUT2D eigenvalue weighted by Gasteiger charge is -2.15. The third-order valence-electron chi connectivity index (χ3n) is 2.35. The smallest absolute Gasteiger partial charge is 0.416 e. The number of halogens is 4. The molecule has 0 aromatic heterocycles. The molecular formula is C10H8ClF3N2O. The van der Waals surface area contributed by atoms with Crippen molar-refractivity contribution in [1.82, 2.24) is 0 Å². The predicted molar refractivity (Wildman–Crippen MR) is 56.8 cm³/mol. The second kappa shape index (κ2) is 4.10. The number of nitrogens with zero attached hydrogens (tertiary/aromatic N) is 1. The van der Waals surface area contributed by atoms with Crippen LogP contribution in [0.1, 0.15) is 17.2 Å². The lowest BCUT2D eigenvalue weighted by Crippen LogP contribution is -2.12. The molecule has 0 saturated carbocycles. The first-order valence-corrected chi connectivity index (χ1v) is 5.08. The number of ether oxygens (including phenoxy) is 1. The van der Waals surface area contributed by atoms with Crippen LogP contribution in [0.4, 0.5) is 13.2 Å². The van der Waals surface area contributed by atoms with Crippen LogP contribution in [-0.2, 0) is 10.9 Å². The van der Waals surface area contributed by atoms with Gasteiger partial charge in [-0.3, -0.25) is 0 Å². The first kappa shape index (κ1) is 12.0. The van der Waals surface area contributed by atoms with Crippen molar-refractivity contribution in [1.29, 1.82) is 0 Å². The van der Waals surface area contributed by atoms with Crippen molar-refractivity contribution >= 4 is 17.6 Å². The summed E-state index contributed by atoms with van der Waals surface area (Å²) < 4.78 is 43.1. The molecule has 1 atom stereocenters. The van der Waals surface area contributed by atoms with Crippen LogP contribution in [0.15, 0.2) is 23.2 Å². The van der Waals surface area contributed by atoms with Gasteiger partial charge in [0, 0.05) is 5.02 Å². The summed E-state index contributed by atoms with van der Waals surface area (Å²) in [6.07, 6.45) is -4.45. The molecule has 0 aliphatic carbocycles. The molecule has 1 aromatic rings. The van der Waals surface area contributed by atoms with E-state index in [9.17, 15) is 13.2 Å². The fraction of sp³-hybridized carbons (Fsp3) is 0.300. The molecule has 2 N–H and O–H groups in total. The number of hydrogen-bond acceptors (Lipinski definition) is 3. The maximum absolute atomic E-state index is 12.8. The van der Waals surface area contributed by atoms with E-state index in [2.05, 4.69) is 4.99 Å². The molecule has 1 aliphatic rings. The Bertz CT molecular complexity index is 473. The largest absolute Gasteiger partial charge is 0.463 e. The number of hydrogen-bond donors (Lipinski definition) is 1. The van der Waals surface area contributed by atoms with E-state index >= 15 is 0 Å². The molecule has 2 rings (SSSR count). The number of aliphatic imine (C=N–C) groups is 1. The van der Waals surface area contributed by atoms with Crippen LogP contribution in [0.25, 0.3) is 0 Å². The summed E-state index contributed by atoms with van der Waals surface area (Å²) in [5.74, 6) is 0. The Hall–Kier alpha value is -1.43. The molecular weight excluding hydrogens is 257 g/mol. The lowest BCUT2D eigenvalue weighted by molar-refractivity contribution is -0.138. The molecule has 1 aromatic carbocycles. The Morgan fingerprint density at radius 3 is 2.65 bits per heavy atom. The van der Waals surface area contributed by atoms with E-state index in [1.54, 1.807) is 0 Å². The topological polar surface area (TPSA) is 47.6 Å². The summed E-state index contributed by atoms with van der Waals surface area (Å²) in [6, 6.07) is 2.49. The Morgan fingerprint density at radius 2 is 2.12 bits per heavy atom. The molecule has 0 radical (unpaired) electrons. The zero-order valence-corrected chi connectivity index (χ0v) is 9.22. The minimum Gasteiger partial charge on any atom is -0.463 e. The molecule has 1 heterocycles. The van der Waals surface area contributed by atoms with Gasteiger partial charge in [-0.1, -0.05) is 11.6 Å². The Balaban J connectivity index is 2.48. The first-order valence-electron chi connectivity index (χ1n) is 4.70. The molecule has 92 valence electrons. The van der Waals surface area contributed by atoms with Crippen molar-refractivity contribution in [2.75, 3.05) is 6.61 Å². The van der Waals surface area contributed by atoms with Crippen LogP contribution < -0.4 is 5.73 Å². The summed E-state index contributed by atoms with van der Waals surface area (Å²) in [5, 5.41) is 0.216. The molecule has 0 fully saturated rings. The van der Waals surface area contributed by atoms with Gasteiger partial charge in [0.1, 0.15) is 12.6 Å². The van der Waals surface area contributed by atoms with Gasteiger partial charge in [-0.05, 0) is 23.8 Å². The molecule has 0 saturated heterocycles. The van der Waals surface area contributed by atoms with Crippen molar-refractivity contribution in [2.24, 2.45) is 10.7 Å². The normalized spacial score (nSPS) is 20.0. The molecule has 0 bridgehead atoms. The number of amidine groups is 1. The van der Waals surface area contributed by atoms with Gasteiger partial charge in [0.2, 0.25) is 0 Å². The molecule has 0 unspecified atom stereocenters. The van der Waals surface area contributed by atoms with Crippen LogP contribution in [0.2, 0.25) is 5.02 Å². The van der Waals surface area contributed by atoms with Crippen molar-refractivity contribution in [3.63, 3.8) is 0 Å². The monoisotopic (exact) mass is 264 g/mol. The summed E-state index contributed by atoms with van der Waals surface area (Å²) in [7, 11) is 0. The molecule has 7 heteroatoms. The van der Waals surface area contributed by atoms with Gasteiger partial charge in [0.05, 0.1) is 5.56 Å². The first-order chi connectivity index (χ1) is 7.88. The van der Waals surface area contributed by atoms with Gasteiger partial charge in [-0.25, -0.2) is 4.99 Å². The van der Waals surface area contributed by atoms with Gasteiger partial charge in [-0.2, -0.15) is 13.2 Å². The predicted octanol–water partition coefficient (Wildman–Crippen LogP) is 2.74. The third-order valence-corrected chi connectivity index (χ3v) is 2.59. The zero-order valence-electron chi connectivity index (χ0n) is 8.46. The number of rotatable bonds is 1. The maximum atomic E-state index is 12.8. The summed E-state index contributed by atoms with van der Waals surface area (Å²) in [5.41, 5.74) is 4.48. The SMILES string of the molecule is NC1=N[C@@H](c2cc(Cl)ccc2C(F)(F)F)CO1. The van der Waals surface area contributed by atoms with Gasteiger partial charge in [0.25, 0.3) is 6.02 Å². The molecule has 0 spiro atoms. The van der Waals surface area contributed by atoms with Crippen LogP contribution in [0, 0.1) is 0 Å². The average Bonchev–Trinajstić information content (AvgIpc) is 2.62. The molecule has 1 aliphatic heterocycles. The lowest BCUT2D eigenvalue weighted by atomic mass is 10.0. The molecule has 17 heavy (non-hydrogen) atoms. The summed E-state index contributed by atoms with van der Waals surface area (Å²) in [4.78, 5) is 3.79. The van der Waals surface area contributed by atoms with Gasteiger partial charge in [0.15, 0.2) is 0 Å². The van der Waals surface area contributed by atoms with Gasteiger partial charge < -0.3 is 10.5 Å². The second-order valence-corrected chi connectivity index (χ2v) is 3.96. The average molecular weight is 265 g/mol. The van der Waals surface area contributed by atoms with Crippen LogP contribution in [-0.4, -0.2) is 12.6 Å². The number of alkyl halides is 3. The van der Waals surface area contributed by atoms with E-state index in [0.29, 0.717) is 0 Å². The minimum absolute atomic E-state index is 0.00471. The molecule has 3 nitrogen and oxygen atoms in total. The van der Waals surface area contributed by atoms with Crippen LogP contribution >= 0.6 is 11.6 Å². The van der Waals surface area contributed by atoms with E-state index in [-0.39, 0.29) is 23.2 Å². The van der Waals surface area contributed by atoms with E-state index < -0.39 is 17.8 Å². The Kier molecular flexibility index (Phi) is 2.91. The fourth-order valence-electron chi connectivity index (χ4n) is 1.62. The second-order valence-electron chi connectivity index (χ2n) is 3.52. The quantitative estimate of drug-likeness (QED) is 0.848. The third kappa shape index (κ3) is 2.46. The van der Waals surface area contributed by atoms with Crippen LogP contribution in [0.5, 0.6) is 0 Å². The van der Waals surface area contributed by atoms with E-state index in [4.69, 9.17) is 22.1 Å². The summed E-state index contributed by atoms with van der Waals surface area (Å²) >= 11 is 5.69.